The molecule has 3 amide bonds. The number of nitrogens with two attached hydrogens (primary N) is 1. The monoisotopic (exact) mass is 277 g/mol. The van der Waals surface area contributed by atoms with Gasteiger partial charge in [-0.2, -0.15) is 0 Å². The number of nitrogens with one attached hydrogen (secondary N) is 2. The summed E-state index contributed by atoms with van der Waals surface area (Å²) in [6.45, 7) is 0.407. The number of benzene rings is 1. The molecule has 1 aliphatic heterocycles. The fraction of sp³-hybridized carbons (Fsp3) is 0.308. The Labute approximate surface area is 115 Å². The smallest absolute Gasteiger partial charge is 0.414 e. The largest absolute Gasteiger partial charge is 0.444 e. The molecule has 106 valence electrons. The highest BCUT2D eigenvalue weighted by Crippen LogP contribution is 2.12. The summed E-state index contributed by atoms with van der Waals surface area (Å²) < 4.78 is 4.90. The van der Waals surface area contributed by atoms with E-state index in [2.05, 4.69) is 10.6 Å². The van der Waals surface area contributed by atoms with Crippen LogP contribution in [-0.4, -0.2) is 30.5 Å². The van der Waals surface area contributed by atoms with Gasteiger partial charge in [0.15, 0.2) is 0 Å². The number of alkyl carbamates (subject to hydrolysis) is 1. The van der Waals surface area contributed by atoms with Gasteiger partial charge in [-0.05, 0) is 5.56 Å². The lowest BCUT2D eigenvalue weighted by atomic mass is 9.90. The van der Waals surface area contributed by atoms with Crippen molar-refractivity contribution in [2.24, 2.45) is 11.7 Å². The molecule has 1 aliphatic rings. The van der Waals surface area contributed by atoms with E-state index in [0.717, 1.165) is 5.56 Å². The predicted octanol–water partition coefficient (Wildman–Crippen LogP) is -0.487. The molecule has 1 fully saturated rings. The third-order valence-electron chi connectivity index (χ3n) is 3.05. The SMILES string of the molecule is NC(=O)[C@H]1CN[C@H]1C(=O)NC(=O)OCc1ccccc1. The fourth-order valence-electron chi connectivity index (χ4n) is 1.83. The van der Waals surface area contributed by atoms with E-state index in [1.807, 2.05) is 18.2 Å². The van der Waals surface area contributed by atoms with Crippen molar-refractivity contribution in [2.75, 3.05) is 6.54 Å². The van der Waals surface area contributed by atoms with Crippen LogP contribution in [0, 0.1) is 5.92 Å². The van der Waals surface area contributed by atoms with E-state index in [4.69, 9.17) is 10.5 Å². The minimum Gasteiger partial charge on any atom is -0.444 e. The highest BCUT2D eigenvalue weighted by Gasteiger charge is 2.40. The summed E-state index contributed by atoms with van der Waals surface area (Å²) in [5.74, 6) is -1.77. The Morgan fingerprint density at radius 3 is 2.55 bits per heavy atom. The highest BCUT2D eigenvalue weighted by atomic mass is 16.5. The number of hydrogen-bond acceptors (Lipinski definition) is 5. The Morgan fingerprint density at radius 1 is 1.30 bits per heavy atom. The van der Waals surface area contributed by atoms with E-state index in [9.17, 15) is 14.4 Å². The Balaban J connectivity index is 1.77. The predicted molar refractivity (Wildman–Crippen MR) is 69.2 cm³/mol. The second-order valence-corrected chi connectivity index (χ2v) is 4.45. The zero-order chi connectivity index (χ0) is 14.5. The number of primary amides is 1. The average Bonchev–Trinajstić information content (AvgIpc) is 2.35. The average molecular weight is 277 g/mol. The van der Waals surface area contributed by atoms with Crippen molar-refractivity contribution in [3.63, 3.8) is 0 Å². The zero-order valence-electron chi connectivity index (χ0n) is 10.7. The van der Waals surface area contributed by atoms with Gasteiger partial charge in [0.05, 0.1) is 5.92 Å². The highest BCUT2D eigenvalue weighted by molar-refractivity contribution is 5.98. The van der Waals surface area contributed by atoms with Crippen molar-refractivity contribution in [1.29, 1.82) is 0 Å². The van der Waals surface area contributed by atoms with Gasteiger partial charge in [-0.25, -0.2) is 4.79 Å². The molecule has 4 N–H and O–H groups in total. The Kier molecular flexibility index (Phi) is 4.31. The van der Waals surface area contributed by atoms with Crippen molar-refractivity contribution in [2.45, 2.75) is 12.6 Å². The molecule has 2 rings (SSSR count). The molecule has 1 aromatic rings. The van der Waals surface area contributed by atoms with Crippen LogP contribution in [0.3, 0.4) is 0 Å². The summed E-state index contributed by atoms with van der Waals surface area (Å²) in [4.78, 5) is 34.1. The van der Waals surface area contributed by atoms with Crippen LogP contribution in [0.4, 0.5) is 4.79 Å². The summed E-state index contributed by atoms with van der Waals surface area (Å²) in [6, 6.07) is 8.31. The van der Waals surface area contributed by atoms with E-state index in [0.29, 0.717) is 6.54 Å². The maximum Gasteiger partial charge on any atom is 0.414 e. The van der Waals surface area contributed by atoms with Gasteiger partial charge in [0.2, 0.25) is 11.8 Å². The lowest BCUT2D eigenvalue weighted by Crippen LogP contribution is -2.64. The number of rotatable bonds is 4. The third-order valence-corrected chi connectivity index (χ3v) is 3.05. The molecule has 7 nitrogen and oxygen atoms in total. The molecule has 0 aliphatic carbocycles. The van der Waals surface area contributed by atoms with Crippen molar-refractivity contribution >= 4 is 17.9 Å². The first-order valence-corrected chi connectivity index (χ1v) is 6.12. The number of amides is 3. The van der Waals surface area contributed by atoms with Crippen LogP contribution in [-0.2, 0) is 20.9 Å². The molecule has 0 aromatic heterocycles. The van der Waals surface area contributed by atoms with Crippen LogP contribution >= 0.6 is 0 Å². The summed E-state index contributed by atoms with van der Waals surface area (Å²) in [6.07, 6.45) is -0.851. The first-order valence-electron chi connectivity index (χ1n) is 6.12. The van der Waals surface area contributed by atoms with Crippen LogP contribution < -0.4 is 16.4 Å². The van der Waals surface area contributed by atoms with Gasteiger partial charge in [-0.1, -0.05) is 30.3 Å². The van der Waals surface area contributed by atoms with Crippen molar-refractivity contribution in [1.82, 2.24) is 10.6 Å². The standard InChI is InChI=1S/C13H15N3O4/c14-11(17)9-6-15-10(9)12(18)16-13(19)20-7-8-4-2-1-3-5-8/h1-5,9-10,15H,6-7H2,(H2,14,17)(H,16,18,19)/t9-,10+/m0/s1. The van der Waals surface area contributed by atoms with Crippen LogP contribution in [0.25, 0.3) is 0 Å². The lowest BCUT2D eigenvalue weighted by molar-refractivity contribution is -0.134. The summed E-state index contributed by atoms with van der Waals surface area (Å²) in [7, 11) is 0. The molecule has 2 atom stereocenters. The van der Waals surface area contributed by atoms with E-state index >= 15 is 0 Å². The normalized spacial score (nSPS) is 20.6. The van der Waals surface area contributed by atoms with Crippen molar-refractivity contribution in [3.8, 4) is 0 Å². The second-order valence-electron chi connectivity index (χ2n) is 4.45. The van der Waals surface area contributed by atoms with Gasteiger partial charge in [0.1, 0.15) is 12.6 Å². The van der Waals surface area contributed by atoms with Gasteiger partial charge < -0.3 is 15.8 Å². The number of ether oxygens (including phenoxy) is 1. The number of carbonyl (C=O) groups excluding carboxylic acids is 3. The molecule has 0 bridgehead atoms. The van der Waals surface area contributed by atoms with Gasteiger partial charge in [0, 0.05) is 6.54 Å². The summed E-state index contributed by atoms with van der Waals surface area (Å²) in [5.41, 5.74) is 5.93. The molecular weight excluding hydrogens is 262 g/mol. The molecule has 1 heterocycles. The minimum absolute atomic E-state index is 0.0668. The zero-order valence-corrected chi connectivity index (χ0v) is 10.7. The maximum absolute atomic E-state index is 11.7. The molecule has 0 spiro atoms. The first-order chi connectivity index (χ1) is 9.58. The first kappa shape index (κ1) is 14.0. The van der Waals surface area contributed by atoms with Gasteiger partial charge >= 0.3 is 6.09 Å². The van der Waals surface area contributed by atoms with Crippen molar-refractivity contribution in [3.05, 3.63) is 35.9 Å². The van der Waals surface area contributed by atoms with Crippen LogP contribution in [0.1, 0.15) is 5.56 Å². The van der Waals surface area contributed by atoms with Crippen LogP contribution in [0.15, 0.2) is 30.3 Å². The van der Waals surface area contributed by atoms with Crippen LogP contribution in [0.5, 0.6) is 0 Å². The summed E-state index contributed by atoms with van der Waals surface area (Å²) in [5, 5.41) is 4.80. The molecule has 7 heteroatoms. The van der Waals surface area contributed by atoms with E-state index in [1.54, 1.807) is 12.1 Å². The fourth-order valence-corrected chi connectivity index (χ4v) is 1.83. The maximum atomic E-state index is 11.7. The minimum atomic E-state index is -0.851. The Bertz CT molecular complexity index is 518. The molecule has 0 saturated carbocycles. The van der Waals surface area contributed by atoms with Crippen molar-refractivity contribution < 1.29 is 19.1 Å². The quantitative estimate of drug-likeness (QED) is 0.688. The molecule has 1 saturated heterocycles. The van der Waals surface area contributed by atoms with Crippen LogP contribution in [0.2, 0.25) is 0 Å². The molecule has 0 radical (unpaired) electrons. The Morgan fingerprint density at radius 2 is 2.00 bits per heavy atom. The summed E-state index contributed by atoms with van der Waals surface area (Å²) >= 11 is 0. The lowest BCUT2D eigenvalue weighted by Gasteiger charge is -2.33. The molecule has 20 heavy (non-hydrogen) atoms. The van der Waals surface area contributed by atoms with Gasteiger partial charge in [-0.3, -0.25) is 14.9 Å². The second kappa shape index (κ2) is 6.16. The van der Waals surface area contributed by atoms with Gasteiger partial charge in [0.25, 0.3) is 0 Å². The van der Waals surface area contributed by atoms with Gasteiger partial charge in [-0.15, -0.1) is 0 Å². The van der Waals surface area contributed by atoms with E-state index in [1.165, 1.54) is 0 Å². The molecular formula is C13H15N3O4. The topological polar surface area (TPSA) is 111 Å². The molecule has 1 aromatic carbocycles. The number of hydrogen-bond donors (Lipinski definition) is 3. The number of imide groups is 1. The van der Waals surface area contributed by atoms with E-state index in [-0.39, 0.29) is 6.61 Å². The Hall–Kier alpha value is -2.41. The number of carbonyl (C=O) groups is 3. The third kappa shape index (κ3) is 3.33. The van der Waals surface area contributed by atoms with E-state index < -0.39 is 29.9 Å². The molecule has 0 unspecified atom stereocenters.